The lowest BCUT2D eigenvalue weighted by Gasteiger charge is -2.13. The Balaban J connectivity index is 1.79. The first-order chi connectivity index (χ1) is 16.0. The van der Waals surface area contributed by atoms with E-state index >= 15 is 0 Å². The summed E-state index contributed by atoms with van der Waals surface area (Å²) in [6, 6.07) is 5.70. The van der Waals surface area contributed by atoms with E-state index in [1.54, 1.807) is 37.6 Å². The van der Waals surface area contributed by atoms with Gasteiger partial charge in [0.1, 0.15) is 5.82 Å². The summed E-state index contributed by atoms with van der Waals surface area (Å²) in [4.78, 5) is 21.1. The third kappa shape index (κ3) is 5.49. The molecule has 0 atom stereocenters. The monoisotopic (exact) mass is 489 g/mol. The van der Waals surface area contributed by atoms with Crippen LogP contribution < -0.4 is 10.3 Å². The summed E-state index contributed by atoms with van der Waals surface area (Å²) in [5.74, 6) is -1.92. The fourth-order valence-corrected chi connectivity index (χ4v) is 4.30. The molecule has 7 nitrogen and oxygen atoms in total. The summed E-state index contributed by atoms with van der Waals surface area (Å²) in [7, 11) is -3.51. The lowest BCUT2D eigenvalue weighted by atomic mass is 10.1. The molecule has 1 aliphatic rings. The van der Waals surface area contributed by atoms with E-state index in [1.807, 2.05) is 0 Å². The van der Waals surface area contributed by atoms with Crippen LogP contribution in [0.1, 0.15) is 37.9 Å². The zero-order valence-corrected chi connectivity index (χ0v) is 19.9. The van der Waals surface area contributed by atoms with Crippen LogP contribution in [-0.2, 0) is 22.1 Å². The number of hydrogen-bond acceptors (Lipinski definition) is 6. The largest absolute Gasteiger partial charge is 0.421 e. The summed E-state index contributed by atoms with van der Waals surface area (Å²) in [5.41, 5.74) is 1.48. The number of sulfone groups is 1. The molecule has 0 N–H and O–H groups in total. The Labute approximate surface area is 196 Å². The predicted octanol–water partition coefficient (Wildman–Crippen LogP) is 4.42. The highest BCUT2D eigenvalue weighted by Gasteiger charge is 2.24. The van der Waals surface area contributed by atoms with Crippen LogP contribution in [0, 0.1) is 24.5 Å². The molecule has 180 valence electrons. The number of aryl methyl sites for hydroxylation is 1. The van der Waals surface area contributed by atoms with Gasteiger partial charge in [-0.1, -0.05) is 0 Å². The van der Waals surface area contributed by atoms with Crippen LogP contribution in [0.4, 0.5) is 8.78 Å². The standard InChI is InChI=1S/C24H25F2N3O4S/c1-14(2)34(31,32)13-19-10-21(17-8-15(3)23(30)29(12-17)11-16-4-5-16)28-24(27-19)33-22-7-6-18(25)9-20(22)26/h6-10,12,14,16H,4-5,11,13H2,1-3H3. The Bertz CT molecular complexity index is 1400. The molecular formula is C24H25F2N3O4S. The zero-order valence-electron chi connectivity index (χ0n) is 19.1. The number of hydrogen-bond donors (Lipinski definition) is 0. The number of rotatable bonds is 8. The fourth-order valence-electron chi connectivity index (χ4n) is 3.41. The maximum Gasteiger partial charge on any atom is 0.322 e. The Kier molecular flexibility index (Phi) is 6.53. The van der Waals surface area contributed by atoms with Crippen LogP contribution in [0.3, 0.4) is 0 Å². The first-order valence-corrected chi connectivity index (χ1v) is 12.7. The molecule has 0 aliphatic heterocycles. The van der Waals surface area contributed by atoms with Crippen LogP contribution >= 0.6 is 0 Å². The Morgan fingerprint density at radius 3 is 2.53 bits per heavy atom. The van der Waals surface area contributed by atoms with Crippen molar-refractivity contribution in [2.45, 2.75) is 51.2 Å². The zero-order chi connectivity index (χ0) is 24.6. The number of benzene rings is 1. The van der Waals surface area contributed by atoms with Crippen LogP contribution in [0.25, 0.3) is 11.3 Å². The Morgan fingerprint density at radius 2 is 1.88 bits per heavy atom. The van der Waals surface area contributed by atoms with Crippen LogP contribution in [0.2, 0.25) is 0 Å². The normalized spacial score (nSPS) is 13.9. The molecular weight excluding hydrogens is 464 g/mol. The molecule has 0 radical (unpaired) electrons. The molecule has 0 saturated heterocycles. The molecule has 0 amide bonds. The van der Waals surface area contributed by atoms with E-state index in [4.69, 9.17) is 4.74 Å². The van der Waals surface area contributed by atoms with Gasteiger partial charge in [0.05, 0.1) is 22.4 Å². The summed E-state index contributed by atoms with van der Waals surface area (Å²) < 4.78 is 59.6. The van der Waals surface area contributed by atoms with Crippen molar-refractivity contribution in [3.05, 3.63) is 69.8 Å². The molecule has 0 spiro atoms. The molecule has 1 aromatic carbocycles. The molecule has 0 unspecified atom stereocenters. The number of halogens is 2. The highest BCUT2D eigenvalue weighted by atomic mass is 32.2. The molecule has 0 bridgehead atoms. The van der Waals surface area contributed by atoms with Crippen LogP contribution in [0.5, 0.6) is 11.8 Å². The molecule has 10 heteroatoms. The van der Waals surface area contributed by atoms with Gasteiger partial charge in [0, 0.05) is 29.9 Å². The van der Waals surface area contributed by atoms with Gasteiger partial charge in [-0.15, -0.1) is 0 Å². The average Bonchev–Trinajstić information content (AvgIpc) is 3.57. The average molecular weight is 490 g/mol. The van der Waals surface area contributed by atoms with Gasteiger partial charge in [0.15, 0.2) is 21.4 Å². The van der Waals surface area contributed by atoms with Gasteiger partial charge in [-0.05, 0) is 63.8 Å². The van der Waals surface area contributed by atoms with E-state index in [0.717, 1.165) is 25.0 Å². The number of aromatic nitrogens is 3. The van der Waals surface area contributed by atoms with Gasteiger partial charge in [-0.25, -0.2) is 17.2 Å². The molecule has 2 aromatic heterocycles. The van der Waals surface area contributed by atoms with Crippen molar-refractivity contribution in [3.63, 3.8) is 0 Å². The molecule has 3 aromatic rings. The van der Waals surface area contributed by atoms with E-state index in [9.17, 15) is 22.0 Å². The summed E-state index contributed by atoms with van der Waals surface area (Å²) in [6.07, 6.45) is 3.82. The second-order valence-electron chi connectivity index (χ2n) is 8.87. The third-order valence-electron chi connectivity index (χ3n) is 5.63. The van der Waals surface area contributed by atoms with Crippen molar-refractivity contribution in [3.8, 4) is 23.0 Å². The SMILES string of the molecule is Cc1cc(-c2cc(CS(=O)(=O)C(C)C)nc(Oc3ccc(F)cc3F)n2)cn(CC2CC2)c1=O. The van der Waals surface area contributed by atoms with E-state index in [0.29, 0.717) is 35.3 Å². The van der Waals surface area contributed by atoms with Gasteiger partial charge in [-0.3, -0.25) is 4.79 Å². The lowest BCUT2D eigenvalue weighted by Crippen LogP contribution is -2.23. The van der Waals surface area contributed by atoms with Crippen LogP contribution in [0.15, 0.2) is 41.3 Å². The highest BCUT2D eigenvalue weighted by molar-refractivity contribution is 7.91. The van der Waals surface area contributed by atoms with Crippen molar-refractivity contribution in [1.82, 2.24) is 14.5 Å². The molecule has 34 heavy (non-hydrogen) atoms. The summed E-state index contributed by atoms with van der Waals surface area (Å²) in [5, 5.41) is -0.632. The van der Waals surface area contributed by atoms with Crippen molar-refractivity contribution in [1.29, 1.82) is 0 Å². The van der Waals surface area contributed by atoms with Crippen molar-refractivity contribution in [2.24, 2.45) is 5.92 Å². The second kappa shape index (κ2) is 9.25. The van der Waals surface area contributed by atoms with Gasteiger partial charge >= 0.3 is 6.01 Å². The van der Waals surface area contributed by atoms with Gasteiger partial charge in [0.25, 0.3) is 5.56 Å². The van der Waals surface area contributed by atoms with E-state index in [2.05, 4.69) is 9.97 Å². The Hall–Kier alpha value is -3.14. The summed E-state index contributed by atoms with van der Waals surface area (Å²) in [6.45, 7) is 5.43. The first kappa shape index (κ1) is 24.0. The minimum Gasteiger partial charge on any atom is -0.421 e. The maximum absolute atomic E-state index is 14.2. The van der Waals surface area contributed by atoms with Crippen molar-refractivity contribution in [2.75, 3.05) is 0 Å². The van der Waals surface area contributed by atoms with E-state index in [1.165, 1.54) is 6.07 Å². The van der Waals surface area contributed by atoms with Gasteiger partial charge in [-0.2, -0.15) is 9.97 Å². The summed E-state index contributed by atoms with van der Waals surface area (Å²) >= 11 is 0. The predicted molar refractivity (Wildman–Crippen MR) is 123 cm³/mol. The van der Waals surface area contributed by atoms with Crippen molar-refractivity contribution < 1.29 is 21.9 Å². The molecule has 2 heterocycles. The van der Waals surface area contributed by atoms with Gasteiger partial charge in [0.2, 0.25) is 0 Å². The maximum atomic E-state index is 14.2. The quantitative estimate of drug-likeness (QED) is 0.465. The highest BCUT2D eigenvalue weighted by Crippen LogP contribution is 2.31. The van der Waals surface area contributed by atoms with Gasteiger partial charge < -0.3 is 9.30 Å². The number of pyridine rings is 1. The minimum atomic E-state index is -3.51. The smallest absolute Gasteiger partial charge is 0.322 e. The second-order valence-corrected chi connectivity index (χ2v) is 11.4. The third-order valence-corrected chi connectivity index (χ3v) is 7.77. The van der Waals surface area contributed by atoms with Crippen LogP contribution in [-0.4, -0.2) is 28.2 Å². The number of nitrogens with zero attached hydrogens (tertiary/aromatic N) is 3. The molecule has 1 saturated carbocycles. The Morgan fingerprint density at radius 1 is 1.15 bits per heavy atom. The number of ether oxygens (including phenoxy) is 1. The molecule has 4 rings (SSSR count). The molecule has 1 fully saturated rings. The van der Waals surface area contributed by atoms with Crippen molar-refractivity contribution >= 4 is 9.84 Å². The topological polar surface area (TPSA) is 91.2 Å². The minimum absolute atomic E-state index is 0.0998. The fraction of sp³-hybridized carbons (Fsp3) is 0.375. The van der Waals surface area contributed by atoms with E-state index < -0.39 is 26.7 Å². The molecule has 1 aliphatic carbocycles. The first-order valence-electron chi connectivity index (χ1n) is 11.0. The lowest BCUT2D eigenvalue weighted by molar-refractivity contribution is 0.407. The van der Waals surface area contributed by atoms with E-state index in [-0.39, 0.29) is 28.8 Å².